The lowest BCUT2D eigenvalue weighted by Gasteiger charge is -2.29. The highest BCUT2D eigenvalue weighted by atomic mass is 16.6. The van der Waals surface area contributed by atoms with Gasteiger partial charge in [-0.3, -0.25) is 0 Å². The summed E-state index contributed by atoms with van der Waals surface area (Å²) in [6.07, 6.45) is 3.61. The average molecular weight is 183 g/mol. The van der Waals surface area contributed by atoms with E-state index in [1.54, 1.807) is 0 Å². The second-order valence-electron chi connectivity index (χ2n) is 4.26. The highest BCUT2D eigenvalue weighted by Gasteiger charge is 2.37. The Bertz CT molecular complexity index is 229. The summed E-state index contributed by atoms with van der Waals surface area (Å²) < 4.78 is 5.39. The quantitative estimate of drug-likeness (QED) is 0.660. The van der Waals surface area contributed by atoms with Crippen LogP contribution in [-0.2, 0) is 4.74 Å². The number of aliphatic hydroxyl groups is 1. The minimum absolute atomic E-state index is 0.316. The lowest BCUT2D eigenvalue weighted by Crippen LogP contribution is -2.33. The molecule has 2 rings (SSSR count). The number of likely N-dealkylation sites (tertiary alicyclic amines) is 1. The summed E-state index contributed by atoms with van der Waals surface area (Å²) in [4.78, 5) is 2.32. The Morgan fingerprint density at radius 1 is 1.46 bits per heavy atom. The number of hydrogen-bond donors (Lipinski definition) is 1. The standard InChI is InChI=1S/C10H17NO2/c1-10(2)8(7-9(12)13-10)11-5-3-4-6-11/h7,9,12H,3-6H2,1-2H3. The minimum Gasteiger partial charge on any atom is -0.373 e. The van der Waals surface area contributed by atoms with Crippen LogP contribution in [0, 0.1) is 0 Å². The van der Waals surface area contributed by atoms with E-state index < -0.39 is 6.29 Å². The van der Waals surface area contributed by atoms with Gasteiger partial charge in [0.15, 0.2) is 6.29 Å². The molecule has 2 aliphatic heterocycles. The van der Waals surface area contributed by atoms with Crippen molar-refractivity contribution in [2.45, 2.75) is 38.6 Å². The van der Waals surface area contributed by atoms with Crippen LogP contribution in [0.2, 0.25) is 0 Å². The number of rotatable bonds is 1. The normalized spacial score (nSPS) is 32.4. The molecular formula is C10H17NO2. The molecule has 0 saturated carbocycles. The van der Waals surface area contributed by atoms with Crippen LogP contribution in [0.5, 0.6) is 0 Å². The zero-order valence-electron chi connectivity index (χ0n) is 8.29. The third-order valence-electron chi connectivity index (χ3n) is 2.78. The highest BCUT2D eigenvalue weighted by Crippen LogP contribution is 2.33. The number of nitrogens with zero attached hydrogens (tertiary/aromatic N) is 1. The molecule has 0 aromatic carbocycles. The third-order valence-corrected chi connectivity index (χ3v) is 2.78. The van der Waals surface area contributed by atoms with Gasteiger partial charge in [-0.25, -0.2) is 0 Å². The van der Waals surface area contributed by atoms with Crippen LogP contribution >= 0.6 is 0 Å². The fraction of sp³-hybridized carbons (Fsp3) is 0.800. The van der Waals surface area contributed by atoms with Crippen molar-refractivity contribution in [3.05, 3.63) is 11.8 Å². The van der Waals surface area contributed by atoms with E-state index in [2.05, 4.69) is 4.90 Å². The summed E-state index contributed by atoms with van der Waals surface area (Å²) in [6.45, 7) is 6.22. The van der Waals surface area contributed by atoms with Crippen molar-refractivity contribution in [3.63, 3.8) is 0 Å². The summed E-state index contributed by atoms with van der Waals surface area (Å²) >= 11 is 0. The second kappa shape index (κ2) is 3.00. The first kappa shape index (κ1) is 9.03. The van der Waals surface area contributed by atoms with Crippen LogP contribution in [0.25, 0.3) is 0 Å². The Kier molecular flexibility index (Phi) is 2.08. The van der Waals surface area contributed by atoms with Crippen molar-refractivity contribution in [1.82, 2.24) is 4.90 Å². The monoisotopic (exact) mass is 183 g/mol. The van der Waals surface area contributed by atoms with Crippen molar-refractivity contribution in [3.8, 4) is 0 Å². The topological polar surface area (TPSA) is 32.7 Å². The third kappa shape index (κ3) is 1.58. The Hall–Kier alpha value is -0.540. The number of ether oxygens (including phenoxy) is 1. The number of hydrogen-bond acceptors (Lipinski definition) is 3. The first-order chi connectivity index (χ1) is 6.09. The summed E-state index contributed by atoms with van der Waals surface area (Å²) in [7, 11) is 0. The van der Waals surface area contributed by atoms with Gasteiger partial charge in [0.25, 0.3) is 0 Å². The molecule has 2 aliphatic rings. The van der Waals surface area contributed by atoms with Crippen LogP contribution in [0.15, 0.2) is 11.8 Å². The molecular weight excluding hydrogens is 166 g/mol. The maximum atomic E-state index is 9.37. The van der Waals surface area contributed by atoms with Crippen molar-refractivity contribution in [1.29, 1.82) is 0 Å². The van der Waals surface area contributed by atoms with Crippen molar-refractivity contribution in [2.24, 2.45) is 0 Å². The Morgan fingerprint density at radius 2 is 2.08 bits per heavy atom. The zero-order chi connectivity index (χ0) is 9.47. The molecule has 13 heavy (non-hydrogen) atoms. The molecule has 0 aliphatic carbocycles. The van der Waals surface area contributed by atoms with Gasteiger partial charge < -0.3 is 14.7 Å². The Labute approximate surface area is 79.0 Å². The van der Waals surface area contributed by atoms with Gasteiger partial charge in [0, 0.05) is 18.8 Å². The Balaban J connectivity index is 2.16. The molecule has 0 radical (unpaired) electrons. The van der Waals surface area contributed by atoms with Gasteiger partial charge in [0.05, 0.1) is 0 Å². The first-order valence-electron chi connectivity index (χ1n) is 4.93. The maximum Gasteiger partial charge on any atom is 0.177 e. The molecule has 1 N–H and O–H groups in total. The predicted molar refractivity (Wildman–Crippen MR) is 50.1 cm³/mol. The fourth-order valence-electron chi connectivity index (χ4n) is 2.18. The minimum atomic E-state index is -0.717. The van der Waals surface area contributed by atoms with E-state index in [0.29, 0.717) is 0 Å². The Morgan fingerprint density at radius 3 is 2.54 bits per heavy atom. The van der Waals surface area contributed by atoms with Crippen LogP contribution in [0.4, 0.5) is 0 Å². The molecule has 0 aromatic heterocycles. The van der Waals surface area contributed by atoms with Crippen LogP contribution < -0.4 is 0 Å². The van der Waals surface area contributed by atoms with Crippen LogP contribution in [0.1, 0.15) is 26.7 Å². The molecule has 74 valence electrons. The molecule has 1 atom stereocenters. The van der Waals surface area contributed by atoms with Crippen molar-refractivity contribution < 1.29 is 9.84 Å². The lowest BCUT2D eigenvalue weighted by atomic mass is 10.1. The summed E-state index contributed by atoms with van der Waals surface area (Å²) in [6, 6.07) is 0. The van der Waals surface area contributed by atoms with Crippen molar-refractivity contribution in [2.75, 3.05) is 13.1 Å². The lowest BCUT2D eigenvalue weighted by molar-refractivity contribution is -0.115. The van der Waals surface area contributed by atoms with E-state index in [0.717, 1.165) is 18.8 Å². The van der Waals surface area contributed by atoms with Crippen molar-refractivity contribution >= 4 is 0 Å². The molecule has 2 heterocycles. The van der Waals surface area contributed by atoms with Gasteiger partial charge in [-0.1, -0.05) is 0 Å². The van der Waals surface area contributed by atoms with E-state index in [4.69, 9.17) is 4.74 Å². The second-order valence-corrected chi connectivity index (χ2v) is 4.26. The largest absolute Gasteiger partial charge is 0.373 e. The predicted octanol–water partition coefficient (Wildman–Crippen LogP) is 1.09. The number of aliphatic hydroxyl groups excluding tert-OH is 1. The molecule has 3 heteroatoms. The van der Waals surface area contributed by atoms with Crippen LogP contribution in [0.3, 0.4) is 0 Å². The van der Waals surface area contributed by atoms with Gasteiger partial charge in [-0.15, -0.1) is 0 Å². The molecule has 0 amide bonds. The van der Waals surface area contributed by atoms with Gasteiger partial charge in [-0.2, -0.15) is 0 Å². The summed E-state index contributed by atoms with van der Waals surface area (Å²) in [5, 5.41) is 9.37. The summed E-state index contributed by atoms with van der Waals surface area (Å²) in [5.41, 5.74) is 0.835. The summed E-state index contributed by atoms with van der Waals surface area (Å²) in [5.74, 6) is 0. The van der Waals surface area contributed by atoms with E-state index in [-0.39, 0.29) is 5.60 Å². The smallest absolute Gasteiger partial charge is 0.177 e. The molecule has 1 unspecified atom stereocenters. The SMILES string of the molecule is CC1(C)OC(O)C=C1N1CCCC1. The van der Waals surface area contributed by atoms with E-state index in [1.807, 2.05) is 19.9 Å². The molecule has 3 nitrogen and oxygen atoms in total. The van der Waals surface area contributed by atoms with E-state index in [1.165, 1.54) is 12.8 Å². The van der Waals surface area contributed by atoms with E-state index in [9.17, 15) is 5.11 Å². The molecule has 0 bridgehead atoms. The van der Waals surface area contributed by atoms with E-state index >= 15 is 0 Å². The van der Waals surface area contributed by atoms with Gasteiger partial charge in [-0.05, 0) is 32.8 Å². The first-order valence-corrected chi connectivity index (χ1v) is 4.93. The van der Waals surface area contributed by atoms with Gasteiger partial charge >= 0.3 is 0 Å². The molecule has 0 aromatic rings. The zero-order valence-corrected chi connectivity index (χ0v) is 8.29. The van der Waals surface area contributed by atoms with Crippen LogP contribution in [-0.4, -0.2) is 35.0 Å². The molecule has 1 saturated heterocycles. The molecule has 1 fully saturated rings. The van der Waals surface area contributed by atoms with Gasteiger partial charge in [0.2, 0.25) is 0 Å². The highest BCUT2D eigenvalue weighted by molar-refractivity contribution is 5.19. The van der Waals surface area contributed by atoms with Gasteiger partial charge in [0.1, 0.15) is 5.60 Å². The molecule has 0 spiro atoms. The average Bonchev–Trinajstić information content (AvgIpc) is 2.56. The fourth-order valence-corrected chi connectivity index (χ4v) is 2.18. The maximum absolute atomic E-state index is 9.37.